The van der Waals surface area contributed by atoms with Gasteiger partial charge in [-0.05, 0) is 36.4 Å². The number of hydrogen-bond donors (Lipinski definition) is 2. The maximum atomic E-state index is 11.1. The molecule has 3 nitrogen and oxygen atoms in total. The Kier molecular flexibility index (Phi) is 4.25. The van der Waals surface area contributed by atoms with Crippen molar-refractivity contribution in [3.8, 4) is 0 Å². The van der Waals surface area contributed by atoms with Gasteiger partial charge in [0, 0.05) is 22.5 Å². The molecule has 2 aromatic rings. The van der Waals surface area contributed by atoms with Gasteiger partial charge in [-0.1, -0.05) is 30.0 Å². The summed E-state index contributed by atoms with van der Waals surface area (Å²) in [5.74, 6) is 0. The number of rotatable bonds is 3. The van der Waals surface area contributed by atoms with E-state index in [1.165, 1.54) is 4.90 Å². The van der Waals surface area contributed by atoms with Crippen LogP contribution in [0.3, 0.4) is 0 Å². The highest BCUT2D eigenvalue weighted by atomic mass is 32.2. The predicted molar refractivity (Wildman–Crippen MR) is 75.1 cm³/mol. The lowest BCUT2D eigenvalue weighted by atomic mass is 10.3. The number of carbonyl (C=O) groups excluding carboxylic acids is 1. The number of nitrogens with one attached hydrogen (secondary N) is 2. The van der Waals surface area contributed by atoms with Crippen molar-refractivity contribution in [1.82, 2.24) is 5.32 Å². The smallest absolute Gasteiger partial charge is 0.318 e. The van der Waals surface area contributed by atoms with Crippen molar-refractivity contribution in [2.75, 3.05) is 12.4 Å². The van der Waals surface area contributed by atoms with E-state index in [0.717, 1.165) is 10.6 Å². The number of benzene rings is 2. The fraction of sp³-hybridized carbons (Fsp3) is 0.0714. The van der Waals surface area contributed by atoms with Crippen molar-refractivity contribution in [1.29, 1.82) is 0 Å². The van der Waals surface area contributed by atoms with Gasteiger partial charge >= 0.3 is 6.03 Å². The summed E-state index contributed by atoms with van der Waals surface area (Å²) in [5, 5.41) is 5.24. The summed E-state index contributed by atoms with van der Waals surface area (Å²) in [4.78, 5) is 13.5. The molecule has 2 aromatic carbocycles. The molecule has 2 amide bonds. The van der Waals surface area contributed by atoms with E-state index in [2.05, 4.69) is 22.8 Å². The van der Waals surface area contributed by atoms with Gasteiger partial charge in [-0.3, -0.25) is 0 Å². The molecular formula is C14H14N2OS. The lowest BCUT2D eigenvalue weighted by Gasteiger charge is -2.05. The summed E-state index contributed by atoms with van der Waals surface area (Å²) >= 11 is 1.69. The molecule has 0 atom stereocenters. The number of amides is 2. The third-order valence-electron chi connectivity index (χ3n) is 2.32. The van der Waals surface area contributed by atoms with E-state index >= 15 is 0 Å². The number of carbonyl (C=O) groups is 1. The van der Waals surface area contributed by atoms with Crippen molar-refractivity contribution in [3.63, 3.8) is 0 Å². The van der Waals surface area contributed by atoms with Crippen LogP contribution in [0.25, 0.3) is 0 Å². The first kappa shape index (κ1) is 12.5. The highest BCUT2D eigenvalue weighted by molar-refractivity contribution is 7.99. The lowest BCUT2D eigenvalue weighted by Crippen LogP contribution is -2.24. The van der Waals surface area contributed by atoms with E-state index in [1.807, 2.05) is 42.5 Å². The monoisotopic (exact) mass is 258 g/mol. The minimum Gasteiger partial charge on any atom is -0.341 e. The molecule has 0 unspecified atom stereocenters. The van der Waals surface area contributed by atoms with Gasteiger partial charge in [-0.15, -0.1) is 0 Å². The Balaban J connectivity index is 2.02. The Bertz CT molecular complexity index is 511. The zero-order valence-electron chi connectivity index (χ0n) is 10.0. The molecule has 2 N–H and O–H groups in total. The zero-order valence-corrected chi connectivity index (χ0v) is 10.8. The number of anilines is 1. The van der Waals surface area contributed by atoms with Gasteiger partial charge in [0.05, 0.1) is 0 Å². The van der Waals surface area contributed by atoms with Crippen LogP contribution in [0.15, 0.2) is 64.4 Å². The first-order valence-electron chi connectivity index (χ1n) is 5.59. The molecule has 0 aliphatic rings. The van der Waals surface area contributed by atoms with Crippen LogP contribution < -0.4 is 10.6 Å². The average Bonchev–Trinajstić information content (AvgIpc) is 2.42. The zero-order chi connectivity index (χ0) is 12.8. The SMILES string of the molecule is CNC(=O)Nc1ccc(Sc2ccccc2)cc1. The summed E-state index contributed by atoms with van der Waals surface area (Å²) in [7, 11) is 1.59. The van der Waals surface area contributed by atoms with Crippen LogP contribution in [0.4, 0.5) is 10.5 Å². The summed E-state index contributed by atoms with van der Waals surface area (Å²) in [6, 6.07) is 17.7. The average molecular weight is 258 g/mol. The van der Waals surface area contributed by atoms with Crippen molar-refractivity contribution in [3.05, 3.63) is 54.6 Å². The Morgan fingerprint density at radius 2 is 1.56 bits per heavy atom. The molecule has 0 aromatic heterocycles. The quantitative estimate of drug-likeness (QED) is 0.883. The Hall–Kier alpha value is -1.94. The van der Waals surface area contributed by atoms with Gasteiger partial charge < -0.3 is 10.6 Å². The largest absolute Gasteiger partial charge is 0.341 e. The minimum atomic E-state index is -0.210. The van der Waals surface area contributed by atoms with Crippen LogP contribution in [0.5, 0.6) is 0 Å². The summed E-state index contributed by atoms with van der Waals surface area (Å²) in [6.45, 7) is 0. The van der Waals surface area contributed by atoms with Crippen LogP contribution in [0, 0.1) is 0 Å². The second-order valence-corrected chi connectivity index (χ2v) is 4.79. The molecule has 2 rings (SSSR count). The second kappa shape index (κ2) is 6.12. The van der Waals surface area contributed by atoms with Gasteiger partial charge in [-0.25, -0.2) is 4.79 Å². The van der Waals surface area contributed by atoms with E-state index in [0.29, 0.717) is 0 Å². The van der Waals surface area contributed by atoms with Gasteiger partial charge in [0.1, 0.15) is 0 Å². The van der Waals surface area contributed by atoms with Gasteiger partial charge in [0.25, 0.3) is 0 Å². The molecule has 0 bridgehead atoms. The molecule has 0 heterocycles. The molecule has 4 heteroatoms. The van der Waals surface area contributed by atoms with E-state index in [9.17, 15) is 4.79 Å². The molecule has 92 valence electrons. The van der Waals surface area contributed by atoms with E-state index < -0.39 is 0 Å². The molecule has 0 saturated carbocycles. The van der Waals surface area contributed by atoms with Crippen molar-refractivity contribution < 1.29 is 4.79 Å². The highest BCUT2D eigenvalue weighted by Gasteiger charge is 2.00. The Morgan fingerprint density at radius 1 is 0.944 bits per heavy atom. The maximum absolute atomic E-state index is 11.1. The number of hydrogen-bond acceptors (Lipinski definition) is 2. The second-order valence-electron chi connectivity index (χ2n) is 3.64. The molecule has 0 aliphatic carbocycles. The fourth-order valence-corrected chi connectivity index (χ4v) is 2.26. The van der Waals surface area contributed by atoms with Crippen LogP contribution in [0.2, 0.25) is 0 Å². The minimum absolute atomic E-state index is 0.210. The topological polar surface area (TPSA) is 41.1 Å². The van der Waals surface area contributed by atoms with Gasteiger partial charge in [-0.2, -0.15) is 0 Å². The molecule has 0 fully saturated rings. The summed E-state index contributed by atoms with van der Waals surface area (Å²) in [6.07, 6.45) is 0. The molecule has 0 spiro atoms. The molecule has 0 aliphatic heterocycles. The Labute approximate surface area is 111 Å². The lowest BCUT2D eigenvalue weighted by molar-refractivity contribution is 0.254. The first-order valence-corrected chi connectivity index (χ1v) is 6.41. The van der Waals surface area contributed by atoms with E-state index in [-0.39, 0.29) is 6.03 Å². The maximum Gasteiger partial charge on any atom is 0.318 e. The van der Waals surface area contributed by atoms with Gasteiger partial charge in [0.2, 0.25) is 0 Å². The highest BCUT2D eigenvalue weighted by Crippen LogP contribution is 2.28. The van der Waals surface area contributed by atoms with Crippen molar-refractivity contribution in [2.45, 2.75) is 9.79 Å². The van der Waals surface area contributed by atoms with Crippen LogP contribution >= 0.6 is 11.8 Å². The summed E-state index contributed by atoms with van der Waals surface area (Å²) in [5.41, 5.74) is 0.784. The van der Waals surface area contributed by atoms with Crippen molar-refractivity contribution in [2.24, 2.45) is 0 Å². The Morgan fingerprint density at radius 3 is 2.17 bits per heavy atom. The first-order chi connectivity index (χ1) is 8.78. The predicted octanol–water partition coefficient (Wildman–Crippen LogP) is 3.59. The third kappa shape index (κ3) is 3.53. The molecular weight excluding hydrogens is 244 g/mol. The third-order valence-corrected chi connectivity index (χ3v) is 3.33. The molecule has 18 heavy (non-hydrogen) atoms. The molecule has 0 radical (unpaired) electrons. The normalized spacial score (nSPS) is 9.83. The summed E-state index contributed by atoms with van der Waals surface area (Å²) < 4.78 is 0. The van der Waals surface area contributed by atoms with Crippen LogP contribution in [0.1, 0.15) is 0 Å². The van der Waals surface area contributed by atoms with Crippen LogP contribution in [-0.4, -0.2) is 13.1 Å². The van der Waals surface area contributed by atoms with Gasteiger partial charge in [0.15, 0.2) is 0 Å². The van der Waals surface area contributed by atoms with Crippen LogP contribution in [-0.2, 0) is 0 Å². The number of urea groups is 1. The van der Waals surface area contributed by atoms with Crippen molar-refractivity contribution >= 4 is 23.5 Å². The fourth-order valence-electron chi connectivity index (χ4n) is 1.42. The molecule has 0 saturated heterocycles. The standard InChI is InChI=1S/C14H14N2OS/c1-15-14(17)16-11-7-9-13(10-8-11)18-12-5-3-2-4-6-12/h2-10H,1H3,(H2,15,16,17). The van der Waals surface area contributed by atoms with E-state index in [1.54, 1.807) is 18.8 Å². The van der Waals surface area contributed by atoms with E-state index in [4.69, 9.17) is 0 Å².